The zero-order valence-corrected chi connectivity index (χ0v) is 7.88. The summed E-state index contributed by atoms with van der Waals surface area (Å²) >= 11 is 0. The van der Waals surface area contributed by atoms with Gasteiger partial charge in [0, 0.05) is 0 Å². The van der Waals surface area contributed by atoms with Crippen molar-refractivity contribution < 1.29 is 4.79 Å². The lowest BCUT2D eigenvalue weighted by Crippen LogP contribution is -2.27. The molecule has 0 aromatic rings. The Hall–Kier alpha value is -0.410. The molecule has 0 rings (SSSR count). The monoisotopic (exact) mass is 172 g/mol. The van der Waals surface area contributed by atoms with E-state index in [0.29, 0.717) is 0 Å². The molecule has 4 N–H and O–H groups in total. The maximum atomic E-state index is 10.7. The molecule has 0 heterocycles. The first-order valence-corrected chi connectivity index (χ1v) is 4.64. The third kappa shape index (κ3) is 6.31. The van der Waals surface area contributed by atoms with Crippen molar-refractivity contribution in [1.29, 1.82) is 0 Å². The number of carbonyl (C=O) groups excluding carboxylic acids is 1. The smallest absolute Gasteiger partial charge is 0.146 e. The predicted molar refractivity (Wildman–Crippen MR) is 50.8 cm³/mol. The molecule has 0 aliphatic rings. The molecule has 0 saturated carbocycles. The summed E-state index contributed by atoms with van der Waals surface area (Å²) in [5, 5.41) is 0. The Labute approximate surface area is 74.5 Å². The highest BCUT2D eigenvalue weighted by Gasteiger charge is 2.06. The van der Waals surface area contributed by atoms with Gasteiger partial charge in [-0.25, -0.2) is 0 Å². The molecule has 0 saturated heterocycles. The van der Waals surface area contributed by atoms with Crippen LogP contribution in [0.25, 0.3) is 0 Å². The number of Topliss-reactive ketones (excluding diaryl/α,β-unsaturated/α-hetero) is 1. The first-order valence-electron chi connectivity index (χ1n) is 4.64. The second-order valence-corrected chi connectivity index (χ2v) is 3.21. The molecular weight excluding hydrogens is 152 g/mol. The molecular formula is C9H20N2O. The Balaban J connectivity index is 3.14. The summed E-state index contributed by atoms with van der Waals surface area (Å²) in [6.45, 7) is 2.31. The van der Waals surface area contributed by atoms with E-state index in [4.69, 9.17) is 11.5 Å². The van der Waals surface area contributed by atoms with E-state index in [-0.39, 0.29) is 11.8 Å². The normalized spacial score (nSPS) is 12.9. The summed E-state index contributed by atoms with van der Waals surface area (Å²) in [5.74, 6) is 0.0915. The van der Waals surface area contributed by atoms with Gasteiger partial charge in [-0.2, -0.15) is 0 Å². The van der Waals surface area contributed by atoms with Gasteiger partial charge in [-0.15, -0.1) is 0 Å². The third-order valence-electron chi connectivity index (χ3n) is 1.99. The molecule has 1 unspecified atom stereocenters. The standard InChI is InChI=1S/C9H20N2O/c1-8(12)9(11)6-4-2-3-5-7-10/h9H,2-7,10-11H2,1H3. The molecule has 3 heteroatoms. The van der Waals surface area contributed by atoms with E-state index >= 15 is 0 Å². The zero-order chi connectivity index (χ0) is 9.40. The highest BCUT2D eigenvalue weighted by Crippen LogP contribution is 2.04. The van der Waals surface area contributed by atoms with Crippen molar-refractivity contribution in [2.24, 2.45) is 11.5 Å². The van der Waals surface area contributed by atoms with Gasteiger partial charge in [-0.1, -0.05) is 19.3 Å². The van der Waals surface area contributed by atoms with Gasteiger partial charge in [0.15, 0.2) is 0 Å². The molecule has 3 nitrogen and oxygen atoms in total. The summed E-state index contributed by atoms with van der Waals surface area (Å²) < 4.78 is 0. The zero-order valence-electron chi connectivity index (χ0n) is 7.88. The maximum Gasteiger partial charge on any atom is 0.146 e. The minimum atomic E-state index is -0.247. The molecule has 0 spiro atoms. The number of nitrogens with two attached hydrogens (primary N) is 2. The second kappa shape index (κ2) is 7.25. The van der Waals surface area contributed by atoms with E-state index < -0.39 is 0 Å². The molecule has 0 aliphatic carbocycles. The van der Waals surface area contributed by atoms with E-state index in [2.05, 4.69) is 0 Å². The fourth-order valence-electron chi connectivity index (χ4n) is 1.07. The second-order valence-electron chi connectivity index (χ2n) is 3.21. The number of unbranched alkanes of at least 4 members (excludes halogenated alkanes) is 3. The van der Waals surface area contributed by atoms with Gasteiger partial charge in [-0.3, -0.25) is 4.79 Å². The van der Waals surface area contributed by atoms with Crippen LogP contribution < -0.4 is 11.5 Å². The third-order valence-corrected chi connectivity index (χ3v) is 1.99. The lowest BCUT2D eigenvalue weighted by molar-refractivity contribution is -0.118. The van der Waals surface area contributed by atoms with Crippen LogP contribution in [0.15, 0.2) is 0 Å². The van der Waals surface area contributed by atoms with Crippen molar-refractivity contribution in [2.45, 2.75) is 45.1 Å². The molecule has 0 aliphatic heterocycles. The van der Waals surface area contributed by atoms with Gasteiger partial charge in [0.2, 0.25) is 0 Å². The van der Waals surface area contributed by atoms with Crippen LogP contribution in [0.1, 0.15) is 39.0 Å². The Bertz CT molecular complexity index is 126. The van der Waals surface area contributed by atoms with Crippen molar-refractivity contribution in [1.82, 2.24) is 0 Å². The predicted octanol–water partition coefficient (Wildman–Crippen LogP) is 0.812. The van der Waals surface area contributed by atoms with Gasteiger partial charge >= 0.3 is 0 Å². The van der Waals surface area contributed by atoms with Gasteiger partial charge < -0.3 is 11.5 Å². The highest BCUT2D eigenvalue weighted by atomic mass is 16.1. The van der Waals surface area contributed by atoms with Crippen molar-refractivity contribution in [3.63, 3.8) is 0 Å². The Morgan fingerprint density at radius 1 is 1.25 bits per heavy atom. The molecule has 0 bridgehead atoms. The lowest BCUT2D eigenvalue weighted by Gasteiger charge is -2.06. The van der Waals surface area contributed by atoms with Crippen LogP contribution >= 0.6 is 0 Å². The van der Waals surface area contributed by atoms with Crippen LogP contribution in [0.4, 0.5) is 0 Å². The number of hydrogen-bond donors (Lipinski definition) is 2. The molecule has 0 amide bonds. The molecule has 12 heavy (non-hydrogen) atoms. The first kappa shape index (κ1) is 11.6. The van der Waals surface area contributed by atoms with Crippen LogP contribution in [-0.2, 0) is 4.79 Å². The minimum absolute atomic E-state index is 0.0915. The SMILES string of the molecule is CC(=O)C(N)CCCCCCN. The first-order chi connectivity index (χ1) is 5.68. The van der Waals surface area contributed by atoms with Gasteiger partial charge in [-0.05, 0) is 26.3 Å². The van der Waals surface area contributed by atoms with Gasteiger partial charge in [0.05, 0.1) is 6.04 Å². The van der Waals surface area contributed by atoms with Crippen LogP contribution in [0.5, 0.6) is 0 Å². The molecule has 72 valence electrons. The summed E-state index contributed by atoms with van der Waals surface area (Å²) in [5.41, 5.74) is 10.9. The summed E-state index contributed by atoms with van der Waals surface area (Å²) in [4.78, 5) is 10.7. The summed E-state index contributed by atoms with van der Waals surface area (Å²) in [6, 6.07) is -0.247. The topological polar surface area (TPSA) is 69.1 Å². The number of ketones is 1. The molecule has 0 aromatic heterocycles. The molecule has 0 radical (unpaired) electrons. The quantitative estimate of drug-likeness (QED) is 0.558. The fourth-order valence-corrected chi connectivity index (χ4v) is 1.07. The Morgan fingerprint density at radius 2 is 1.83 bits per heavy atom. The lowest BCUT2D eigenvalue weighted by atomic mass is 10.1. The van der Waals surface area contributed by atoms with E-state index in [1.807, 2.05) is 0 Å². The van der Waals surface area contributed by atoms with Crippen LogP contribution in [-0.4, -0.2) is 18.4 Å². The number of carbonyl (C=O) groups is 1. The average molecular weight is 172 g/mol. The van der Waals surface area contributed by atoms with Gasteiger partial charge in [0.25, 0.3) is 0 Å². The highest BCUT2D eigenvalue weighted by molar-refractivity contribution is 5.80. The summed E-state index contributed by atoms with van der Waals surface area (Å²) in [7, 11) is 0. The molecule has 1 atom stereocenters. The number of rotatable bonds is 7. The van der Waals surface area contributed by atoms with E-state index in [9.17, 15) is 4.79 Å². The van der Waals surface area contributed by atoms with Crippen LogP contribution in [0.2, 0.25) is 0 Å². The number of hydrogen-bond acceptors (Lipinski definition) is 3. The van der Waals surface area contributed by atoms with Crippen molar-refractivity contribution in [3.05, 3.63) is 0 Å². The van der Waals surface area contributed by atoms with Crippen molar-refractivity contribution in [3.8, 4) is 0 Å². The van der Waals surface area contributed by atoms with Crippen LogP contribution in [0, 0.1) is 0 Å². The van der Waals surface area contributed by atoms with E-state index in [0.717, 1.165) is 38.6 Å². The maximum absolute atomic E-state index is 10.7. The Kier molecular flexibility index (Phi) is 7.00. The molecule has 0 aromatic carbocycles. The molecule has 0 fully saturated rings. The summed E-state index contributed by atoms with van der Waals surface area (Å²) in [6.07, 6.45) is 5.23. The van der Waals surface area contributed by atoms with Crippen molar-refractivity contribution in [2.75, 3.05) is 6.54 Å². The Morgan fingerprint density at radius 3 is 2.33 bits per heavy atom. The van der Waals surface area contributed by atoms with Gasteiger partial charge in [0.1, 0.15) is 5.78 Å². The minimum Gasteiger partial charge on any atom is -0.330 e. The average Bonchev–Trinajstić information content (AvgIpc) is 2.03. The van der Waals surface area contributed by atoms with Crippen LogP contribution in [0.3, 0.4) is 0 Å². The van der Waals surface area contributed by atoms with E-state index in [1.54, 1.807) is 6.92 Å². The van der Waals surface area contributed by atoms with Crippen molar-refractivity contribution >= 4 is 5.78 Å². The fraction of sp³-hybridized carbons (Fsp3) is 0.889. The van der Waals surface area contributed by atoms with E-state index in [1.165, 1.54) is 0 Å². The largest absolute Gasteiger partial charge is 0.330 e.